The molecule has 2 fully saturated rings. The third-order valence-corrected chi connectivity index (χ3v) is 5.67. The van der Waals surface area contributed by atoms with Crippen molar-refractivity contribution in [2.75, 3.05) is 36.8 Å². The van der Waals surface area contributed by atoms with Crippen molar-refractivity contribution < 1.29 is 4.79 Å². The van der Waals surface area contributed by atoms with E-state index in [9.17, 15) is 4.79 Å². The van der Waals surface area contributed by atoms with Crippen LogP contribution in [-0.4, -0.2) is 48.0 Å². The molecule has 6 nitrogen and oxygen atoms in total. The molecule has 0 bridgehead atoms. The van der Waals surface area contributed by atoms with E-state index in [2.05, 4.69) is 33.7 Å². The Kier molecular flexibility index (Phi) is 6.85. The summed E-state index contributed by atoms with van der Waals surface area (Å²) in [5.41, 5.74) is 2.96. The van der Waals surface area contributed by atoms with E-state index in [1.807, 2.05) is 41.3 Å². The van der Waals surface area contributed by atoms with Gasteiger partial charge in [-0.05, 0) is 61.9 Å². The Morgan fingerprint density at radius 3 is 2.20 bits per heavy atom. The van der Waals surface area contributed by atoms with E-state index in [0.717, 1.165) is 61.9 Å². The number of urea groups is 1. The Morgan fingerprint density at radius 1 is 0.767 bits per heavy atom. The molecular weight excluding hydrogens is 374 g/mol. The number of piperidine rings is 1. The monoisotopic (exact) mass is 405 g/mol. The van der Waals surface area contributed by atoms with Crippen molar-refractivity contribution in [1.82, 2.24) is 9.80 Å². The Labute approximate surface area is 179 Å². The molecule has 4 rings (SSSR count). The molecule has 2 aromatic rings. The molecular formula is C24H31N5O. The summed E-state index contributed by atoms with van der Waals surface area (Å²) in [7, 11) is 0. The number of carbonyl (C=O) groups is 1. The number of hydrogen-bond acceptors (Lipinski definition) is 2. The number of carbonyl (C=O) groups excluding carboxylic acids is 1. The van der Waals surface area contributed by atoms with Crippen LogP contribution in [0.2, 0.25) is 0 Å². The lowest BCUT2D eigenvalue weighted by Gasteiger charge is -2.30. The van der Waals surface area contributed by atoms with Crippen LogP contribution in [0, 0.1) is 0 Å². The largest absolute Gasteiger partial charge is 0.343 e. The first-order chi connectivity index (χ1) is 14.8. The highest BCUT2D eigenvalue weighted by molar-refractivity contribution is 5.93. The van der Waals surface area contributed by atoms with Crippen LogP contribution in [-0.2, 0) is 6.54 Å². The Morgan fingerprint density at radius 2 is 1.43 bits per heavy atom. The fourth-order valence-corrected chi connectivity index (χ4v) is 4.01. The number of hydrogen-bond donors (Lipinski definition) is 2. The van der Waals surface area contributed by atoms with E-state index in [0.29, 0.717) is 6.54 Å². The topological polar surface area (TPSA) is 60.0 Å². The minimum atomic E-state index is -0.00657. The maximum atomic E-state index is 12.4. The van der Waals surface area contributed by atoms with Crippen LogP contribution in [0.15, 0.2) is 59.6 Å². The van der Waals surface area contributed by atoms with E-state index in [1.165, 1.54) is 19.3 Å². The Balaban J connectivity index is 1.45. The number of aliphatic imine (C=N–C) groups is 1. The molecule has 2 aromatic carbocycles. The number of nitrogens with zero attached hydrogens (tertiary/aromatic N) is 3. The normalized spacial score (nSPS) is 17.1. The zero-order chi connectivity index (χ0) is 20.6. The first-order valence-electron chi connectivity index (χ1n) is 11.0. The quantitative estimate of drug-likeness (QED) is 0.569. The molecule has 0 aromatic heterocycles. The summed E-state index contributed by atoms with van der Waals surface area (Å²) in [4.78, 5) is 21.5. The third-order valence-electron chi connectivity index (χ3n) is 5.67. The summed E-state index contributed by atoms with van der Waals surface area (Å²) in [6, 6.07) is 18.2. The summed E-state index contributed by atoms with van der Waals surface area (Å²) in [6.07, 6.45) is 5.88. The molecule has 2 heterocycles. The van der Waals surface area contributed by atoms with Crippen LogP contribution in [0.1, 0.15) is 37.7 Å². The number of guanidine groups is 1. The highest BCUT2D eigenvalue weighted by Gasteiger charge is 2.18. The Hall–Kier alpha value is -3.02. The van der Waals surface area contributed by atoms with Gasteiger partial charge in [-0.25, -0.2) is 9.79 Å². The van der Waals surface area contributed by atoms with Crippen LogP contribution in [0.25, 0.3) is 0 Å². The molecule has 158 valence electrons. The summed E-state index contributed by atoms with van der Waals surface area (Å²) < 4.78 is 0. The van der Waals surface area contributed by atoms with Gasteiger partial charge in [-0.1, -0.05) is 30.3 Å². The van der Waals surface area contributed by atoms with Crippen LogP contribution >= 0.6 is 0 Å². The van der Waals surface area contributed by atoms with Crippen LogP contribution < -0.4 is 10.6 Å². The summed E-state index contributed by atoms with van der Waals surface area (Å²) >= 11 is 0. The van der Waals surface area contributed by atoms with Gasteiger partial charge in [-0.15, -0.1) is 0 Å². The number of anilines is 2. The predicted molar refractivity (Wildman–Crippen MR) is 123 cm³/mol. The zero-order valence-electron chi connectivity index (χ0n) is 17.5. The maximum Gasteiger partial charge on any atom is 0.321 e. The number of amides is 2. The van der Waals surface area contributed by atoms with Crippen molar-refractivity contribution in [2.45, 2.75) is 38.6 Å². The number of likely N-dealkylation sites (tertiary alicyclic amines) is 2. The zero-order valence-corrected chi connectivity index (χ0v) is 17.5. The lowest BCUT2D eigenvalue weighted by Crippen LogP contribution is -2.40. The van der Waals surface area contributed by atoms with Gasteiger partial charge in [0, 0.05) is 37.6 Å². The number of rotatable bonds is 4. The molecule has 2 saturated heterocycles. The van der Waals surface area contributed by atoms with Crippen molar-refractivity contribution in [1.29, 1.82) is 0 Å². The first-order valence-corrected chi connectivity index (χ1v) is 11.0. The molecule has 0 radical (unpaired) electrons. The minimum absolute atomic E-state index is 0.00657. The average molecular weight is 406 g/mol. The van der Waals surface area contributed by atoms with Crippen LogP contribution in [0.5, 0.6) is 0 Å². The molecule has 6 heteroatoms. The van der Waals surface area contributed by atoms with Gasteiger partial charge >= 0.3 is 6.03 Å². The van der Waals surface area contributed by atoms with Crippen molar-refractivity contribution in [3.8, 4) is 0 Å². The van der Waals surface area contributed by atoms with Gasteiger partial charge in [-0.2, -0.15) is 0 Å². The average Bonchev–Trinajstić information content (AvgIpc) is 3.33. The fourth-order valence-electron chi connectivity index (χ4n) is 4.01. The van der Waals surface area contributed by atoms with E-state index < -0.39 is 0 Å². The second kappa shape index (κ2) is 10.1. The molecule has 0 saturated carbocycles. The second-order valence-electron chi connectivity index (χ2n) is 8.00. The number of para-hydroxylation sites is 1. The van der Waals surface area contributed by atoms with Crippen LogP contribution in [0.4, 0.5) is 16.2 Å². The third kappa shape index (κ3) is 5.53. The fraction of sp³-hybridized carbons (Fsp3) is 0.417. The molecule has 30 heavy (non-hydrogen) atoms. The molecule has 0 unspecified atom stereocenters. The van der Waals surface area contributed by atoms with Crippen molar-refractivity contribution in [3.05, 3.63) is 60.2 Å². The highest BCUT2D eigenvalue weighted by atomic mass is 16.2. The molecule has 2 aliphatic rings. The summed E-state index contributed by atoms with van der Waals surface area (Å²) in [5.74, 6) is 0.924. The molecule has 2 N–H and O–H groups in total. The second-order valence-corrected chi connectivity index (χ2v) is 8.00. The highest BCUT2D eigenvalue weighted by Crippen LogP contribution is 2.16. The van der Waals surface area contributed by atoms with Crippen molar-refractivity contribution in [2.24, 2.45) is 4.99 Å². The lowest BCUT2D eigenvalue weighted by molar-refractivity contribution is 0.222. The molecule has 0 spiro atoms. The number of nitrogens with one attached hydrogen (secondary N) is 2. The summed E-state index contributed by atoms with van der Waals surface area (Å²) in [5, 5.41) is 6.53. The van der Waals surface area contributed by atoms with Gasteiger partial charge in [0.05, 0.1) is 6.54 Å². The molecule has 0 atom stereocenters. The van der Waals surface area contributed by atoms with Gasteiger partial charge in [0.1, 0.15) is 0 Å². The molecule has 2 aliphatic heterocycles. The van der Waals surface area contributed by atoms with Crippen molar-refractivity contribution >= 4 is 23.4 Å². The van der Waals surface area contributed by atoms with Gasteiger partial charge in [0.15, 0.2) is 5.96 Å². The molecule has 2 amide bonds. The smallest absolute Gasteiger partial charge is 0.321 e. The van der Waals surface area contributed by atoms with Gasteiger partial charge in [0.2, 0.25) is 0 Å². The van der Waals surface area contributed by atoms with E-state index in [4.69, 9.17) is 4.99 Å². The van der Waals surface area contributed by atoms with E-state index in [1.54, 1.807) is 0 Å². The van der Waals surface area contributed by atoms with Gasteiger partial charge in [-0.3, -0.25) is 0 Å². The van der Waals surface area contributed by atoms with E-state index in [-0.39, 0.29) is 6.03 Å². The van der Waals surface area contributed by atoms with E-state index >= 15 is 0 Å². The minimum Gasteiger partial charge on any atom is -0.343 e. The predicted octanol–water partition coefficient (Wildman–Crippen LogP) is 4.77. The summed E-state index contributed by atoms with van der Waals surface area (Å²) in [6.45, 7) is 4.33. The maximum absolute atomic E-state index is 12.4. The van der Waals surface area contributed by atoms with Gasteiger partial charge in [0.25, 0.3) is 0 Å². The Bertz CT molecular complexity index is 855. The van der Waals surface area contributed by atoms with Crippen LogP contribution in [0.3, 0.4) is 0 Å². The molecule has 0 aliphatic carbocycles. The number of benzene rings is 2. The lowest BCUT2D eigenvalue weighted by atomic mass is 10.1. The standard InChI is InChI=1S/C24H31N5O/c30-24(29-16-7-8-17-29)27-22-13-9-10-20(18-22)19-25-23(28-14-5-2-6-15-28)26-21-11-3-1-4-12-21/h1,3-4,9-13,18H,2,5-8,14-17,19H2,(H,25,26)(H,27,30). The van der Waals surface area contributed by atoms with Gasteiger partial charge < -0.3 is 20.4 Å². The first kappa shape index (κ1) is 20.3. The SMILES string of the molecule is O=C(Nc1cccc(CN=C(Nc2ccccc2)N2CCCCC2)c1)N1CCCC1. The van der Waals surface area contributed by atoms with Crippen molar-refractivity contribution in [3.63, 3.8) is 0 Å².